The highest BCUT2D eigenvalue weighted by Gasteiger charge is 2.32. The van der Waals surface area contributed by atoms with Crippen LogP contribution < -0.4 is 5.32 Å². The second-order valence-electron chi connectivity index (χ2n) is 3.81. The molecule has 1 aromatic rings. The predicted molar refractivity (Wildman–Crippen MR) is 54.6 cm³/mol. The molecule has 0 aliphatic heterocycles. The number of anilines is 1. The zero-order valence-corrected chi connectivity index (χ0v) is 8.03. The first-order chi connectivity index (χ1) is 6.68. The second-order valence-corrected chi connectivity index (χ2v) is 3.81. The van der Waals surface area contributed by atoms with Crippen LogP contribution in [-0.4, -0.2) is 17.1 Å². The lowest BCUT2D eigenvalue weighted by Crippen LogP contribution is -2.08. The first-order valence-corrected chi connectivity index (χ1v) is 4.77. The number of carbonyl (C=O) groups is 1. The second kappa shape index (κ2) is 3.33. The van der Waals surface area contributed by atoms with Crippen LogP contribution in [0.4, 0.5) is 5.69 Å². The minimum atomic E-state index is -0.874. The van der Waals surface area contributed by atoms with Gasteiger partial charge in [0.25, 0.3) is 0 Å². The zero-order chi connectivity index (χ0) is 10.1. The maximum atomic E-state index is 10.9. The largest absolute Gasteiger partial charge is 0.478 e. The van der Waals surface area contributed by atoms with E-state index in [2.05, 4.69) is 12.2 Å². The number of carboxylic acid groups (broad SMARTS) is 1. The van der Waals surface area contributed by atoms with Gasteiger partial charge in [0.05, 0.1) is 5.56 Å². The molecule has 0 amide bonds. The highest BCUT2D eigenvalue weighted by Crippen LogP contribution is 2.33. The lowest BCUT2D eigenvalue weighted by Gasteiger charge is -2.07. The summed E-state index contributed by atoms with van der Waals surface area (Å²) in [5, 5.41) is 12.2. The topological polar surface area (TPSA) is 49.3 Å². The van der Waals surface area contributed by atoms with Crippen molar-refractivity contribution in [2.24, 2.45) is 5.92 Å². The quantitative estimate of drug-likeness (QED) is 0.770. The fourth-order valence-corrected chi connectivity index (χ4v) is 1.52. The van der Waals surface area contributed by atoms with E-state index in [9.17, 15) is 4.79 Å². The molecule has 1 aliphatic rings. The van der Waals surface area contributed by atoms with Gasteiger partial charge in [0.2, 0.25) is 0 Å². The van der Waals surface area contributed by atoms with Gasteiger partial charge in [-0.3, -0.25) is 0 Å². The van der Waals surface area contributed by atoms with Crippen LogP contribution in [0.3, 0.4) is 0 Å². The average Bonchev–Trinajstić information content (AvgIpc) is 2.82. The maximum absolute atomic E-state index is 10.9. The Morgan fingerprint density at radius 2 is 2.14 bits per heavy atom. The van der Waals surface area contributed by atoms with Gasteiger partial charge in [0.1, 0.15) is 0 Å². The Balaban J connectivity index is 2.19. The smallest absolute Gasteiger partial charge is 0.337 e. The van der Waals surface area contributed by atoms with Gasteiger partial charge in [-0.05, 0) is 24.5 Å². The van der Waals surface area contributed by atoms with Crippen LogP contribution in [0.15, 0.2) is 24.3 Å². The minimum Gasteiger partial charge on any atom is -0.478 e. The molecular weight excluding hydrogens is 178 g/mol. The Hall–Kier alpha value is -1.51. The Bertz CT molecular complexity index is 362. The number of benzene rings is 1. The Morgan fingerprint density at radius 1 is 1.50 bits per heavy atom. The molecule has 2 N–H and O–H groups in total. The van der Waals surface area contributed by atoms with Crippen LogP contribution in [0, 0.1) is 5.92 Å². The molecule has 74 valence electrons. The third-order valence-electron chi connectivity index (χ3n) is 2.61. The number of carboxylic acids is 1. The van der Waals surface area contributed by atoms with Crippen LogP contribution in [0.1, 0.15) is 23.7 Å². The molecular formula is C11H13NO2. The van der Waals surface area contributed by atoms with E-state index in [1.807, 2.05) is 12.1 Å². The number of hydrogen-bond acceptors (Lipinski definition) is 2. The molecule has 2 rings (SSSR count). The molecule has 3 heteroatoms. The molecule has 0 heterocycles. The monoisotopic (exact) mass is 191 g/mol. The van der Waals surface area contributed by atoms with Gasteiger partial charge in [-0.2, -0.15) is 0 Å². The van der Waals surface area contributed by atoms with Gasteiger partial charge < -0.3 is 10.4 Å². The summed E-state index contributed by atoms with van der Waals surface area (Å²) in [5.74, 6) is -0.210. The lowest BCUT2D eigenvalue weighted by atomic mass is 10.2. The van der Waals surface area contributed by atoms with Gasteiger partial charge in [-0.1, -0.05) is 19.1 Å². The zero-order valence-electron chi connectivity index (χ0n) is 8.03. The maximum Gasteiger partial charge on any atom is 0.337 e. The van der Waals surface area contributed by atoms with Crippen molar-refractivity contribution in [3.05, 3.63) is 29.8 Å². The molecule has 1 aliphatic carbocycles. The summed E-state index contributed by atoms with van der Waals surface area (Å²) in [6, 6.07) is 7.48. The van der Waals surface area contributed by atoms with E-state index in [0.29, 0.717) is 17.5 Å². The number of nitrogens with one attached hydrogen (secondary N) is 1. The molecule has 2 atom stereocenters. The summed E-state index contributed by atoms with van der Waals surface area (Å²) in [5.41, 5.74) is 1.08. The summed E-state index contributed by atoms with van der Waals surface area (Å²) >= 11 is 0. The Morgan fingerprint density at radius 3 is 2.71 bits per heavy atom. The van der Waals surface area contributed by atoms with Crippen LogP contribution in [0.2, 0.25) is 0 Å². The standard InChI is InChI=1S/C11H13NO2/c1-7-6-10(7)12-9-5-3-2-4-8(9)11(13)14/h2-5,7,10,12H,6H2,1H3,(H,13,14). The molecule has 1 saturated carbocycles. The molecule has 0 radical (unpaired) electrons. The van der Waals surface area contributed by atoms with Crippen molar-refractivity contribution < 1.29 is 9.90 Å². The summed E-state index contributed by atoms with van der Waals surface area (Å²) in [7, 11) is 0. The van der Waals surface area contributed by atoms with Crippen LogP contribution >= 0.6 is 0 Å². The summed E-state index contributed by atoms with van der Waals surface area (Å²) in [6.45, 7) is 2.15. The number of hydrogen-bond donors (Lipinski definition) is 2. The fourth-order valence-electron chi connectivity index (χ4n) is 1.52. The molecule has 0 aromatic heterocycles. The van der Waals surface area contributed by atoms with Crippen molar-refractivity contribution in [2.45, 2.75) is 19.4 Å². The first-order valence-electron chi connectivity index (χ1n) is 4.77. The first kappa shape index (κ1) is 9.06. The Labute approximate surface area is 82.8 Å². The van der Waals surface area contributed by atoms with Crippen molar-refractivity contribution in [3.8, 4) is 0 Å². The Kier molecular flexibility index (Phi) is 2.15. The van der Waals surface area contributed by atoms with Crippen molar-refractivity contribution in [1.82, 2.24) is 0 Å². The van der Waals surface area contributed by atoms with Crippen LogP contribution in [0.25, 0.3) is 0 Å². The molecule has 3 nitrogen and oxygen atoms in total. The SMILES string of the molecule is CC1CC1Nc1ccccc1C(=O)O. The van der Waals surface area contributed by atoms with E-state index in [1.165, 1.54) is 0 Å². The van der Waals surface area contributed by atoms with Gasteiger partial charge >= 0.3 is 5.97 Å². The van der Waals surface area contributed by atoms with E-state index in [4.69, 9.17) is 5.11 Å². The van der Waals surface area contributed by atoms with Gasteiger partial charge in [-0.25, -0.2) is 4.79 Å². The molecule has 14 heavy (non-hydrogen) atoms. The molecule has 0 bridgehead atoms. The number of rotatable bonds is 3. The van der Waals surface area contributed by atoms with Crippen molar-refractivity contribution >= 4 is 11.7 Å². The van der Waals surface area contributed by atoms with Crippen LogP contribution in [0.5, 0.6) is 0 Å². The summed E-state index contributed by atoms with van der Waals surface area (Å²) in [4.78, 5) is 10.9. The molecule has 2 unspecified atom stereocenters. The fraction of sp³-hybridized carbons (Fsp3) is 0.364. The lowest BCUT2D eigenvalue weighted by molar-refractivity contribution is 0.0698. The van der Waals surface area contributed by atoms with E-state index in [0.717, 1.165) is 12.1 Å². The van der Waals surface area contributed by atoms with Gasteiger partial charge in [-0.15, -0.1) is 0 Å². The van der Waals surface area contributed by atoms with E-state index < -0.39 is 5.97 Å². The van der Waals surface area contributed by atoms with Crippen molar-refractivity contribution in [3.63, 3.8) is 0 Å². The van der Waals surface area contributed by atoms with Crippen molar-refractivity contribution in [2.75, 3.05) is 5.32 Å². The van der Waals surface area contributed by atoms with E-state index in [1.54, 1.807) is 12.1 Å². The molecule has 0 spiro atoms. The average molecular weight is 191 g/mol. The normalized spacial score (nSPS) is 24.4. The number of aromatic carboxylic acids is 1. The minimum absolute atomic E-state index is 0.353. The van der Waals surface area contributed by atoms with E-state index >= 15 is 0 Å². The third-order valence-corrected chi connectivity index (χ3v) is 2.61. The van der Waals surface area contributed by atoms with Crippen LogP contribution in [-0.2, 0) is 0 Å². The summed E-state index contributed by atoms with van der Waals surface area (Å²) < 4.78 is 0. The van der Waals surface area contributed by atoms with E-state index in [-0.39, 0.29) is 0 Å². The third kappa shape index (κ3) is 1.71. The summed E-state index contributed by atoms with van der Waals surface area (Å²) in [6.07, 6.45) is 1.13. The van der Waals surface area contributed by atoms with Crippen molar-refractivity contribution in [1.29, 1.82) is 0 Å². The molecule has 1 aromatic carbocycles. The molecule has 0 saturated heterocycles. The number of para-hydroxylation sites is 1. The van der Waals surface area contributed by atoms with Gasteiger partial charge in [0.15, 0.2) is 0 Å². The molecule has 1 fully saturated rings. The predicted octanol–water partition coefficient (Wildman–Crippen LogP) is 2.21. The van der Waals surface area contributed by atoms with Gasteiger partial charge in [0, 0.05) is 11.7 Å². The highest BCUT2D eigenvalue weighted by molar-refractivity contribution is 5.94. The highest BCUT2D eigenvalue weighted by atomic mass is 16.4.